The van der Waals surface area contributed by atoms with Crippen molar-refractivity contribution in [1.29, 1.82) is 0 Å². The standard InChI is InChI=1S/C30H42N8O2S/c1-8-20(4)38(6)29(36-21(5)26-28(22-10-11-22)34-18-35-30(26)40-7)27(19(3)14-31)37-25(17-39)33-15-23-12-13-24(16-32-23)41-9-2/h12-13,16-18,20,22H,5,8-11,14-15,31H2,1-4,6-7H3,(H,33,37)/b27-19-,36-29+/t20-/m1/s1. The van der Waals surface area contributed by atoms with Gasteiger partial charge in [0, 0.05) is 36.6 Å². The molecule has 1 saturated carbocycles. The van der Waals surface area contributed by atoms with Crippen molar-refractivity contribution in [3.05, 3.63) is 59.5 Å². The van der Waals surface area contributed by atoms with Gasteiger partial charge in [0.25, 0.3) is 0 Å². The zero-order valence-electron chi connectivity index (χ0n) is 25.0. The second-order valence-electron chi connectivity index (χ2n) is 9.89. The third-order valence-electron chi connectivity index (χ3n) is 6.94. The second kappa shape index (κ2) is 15.4. The van der Waals surface area contributed by atoms with Crippen LogP contribution >= 0.6 is 11.8 Å². The van der Waals surface area contributed by atoms with Crippen molar-refractivity contribution in [3.8, 4) is 5.88 Å². The van der Waals surface area contributed by atoms with Crippen LogP contribution in [-0.2, 0) is 11.3 Å². The maximum absolute atomic E-state index is 12.2. The summed E-state index contributed by atoms with van der Waals surface area (Å²) in [7, 11) is 3.53. The molecule has 0 radical (unpaired) electrons. The van der Waals surface area contributed by atoms with Crippen molar-refractivity contribution in [3.63, 3.8) is 0 Å². The van der Waals surface area contributed by atoms with Gasteiger partial charge in [-0.15, -0.1) is 11.8 Å². The first-order chi connectivity index (χ1) is 19.8. The van der Waals surface area contributed by atoms with Gasteiger partial charge in [0.15, 0.2) is 18.0 Å². The van der Waals surface area contributed by atoms with Crippen LogP contribution in [0.1, 0.15) is 69.8 Å². The maximum Gasteiger partial charge on any atom is 0.226 e. The minimum absolute atomic E-state index is 0.116. The highest BCUT2D eigenvalue weighted by Crippen LogP contribution is 2.44. The van der Waals surface area contributed by atoms with Gasteiger partial charge >= 0.3 is 0 Å². The van der Waals surface area contributed by atoms with E-state index in [2.05, 4.69) is 47.6 Å². The highest BCUT2D eigenvalue weighted by Gasteiger charge is 2.31. The number of carbonyl (C=O) groups is 1. The molecule has 1 aliphatic rings. The average Bonchev–Trinajstić information content (AvgIpc) is 3.85. The van der Waals surface area contributed by atoms with Gasteiger partial charge in [0.05, 0.1) is 36.3 Å². The van der Waals surface area contributed by atoms with Crippen molar-refractivity contribution in [2.45, 2.75) is 70.4 Å². The van der Waals surface area contributed by atoms with Gasteiger partial charge in [-0.25, -0.2) is 20.0 Å². The van der Waals surface area contributed by atoms with Crippen LogP contribution in [0, 0.1) is 0 Å². The van der Waals surface area contributed by atoms with E-state index < -0.39 is 0 Å². The third-order valence-corrected chi connectivity index (χ3v) is 7.80. The van der Waals surface area contributed by atoms with Crippen LogP contribution in [0.25, 0.3) is 5.70 Å². The summed E-state index contributed by atoms with van der Waals surface area (Å²) >= 11 is 1.73. The molecule has 0 saturated heterocycles. The van der Waals surface area contributed by atoms with Gasteiger partial charge in [-0.3, -0.25) is 9.78 Å². The number of hydrogen-bond acceptors (Lipinski definition) is 9. The summed E-state index contributed by atoms with van der Waals surface area (Å²) in [6.07, 6.45) is 7.01. The molecule has 2 aromatic rings. The number of methoxy groups -OCH3 is 1. The topological polar surface area (TPSA) is 131 Å². The summed E-state index contributed by atoms with van der Waals surface area (Å²) < 4.78 is 5.58. The molecule has 0 aliphatic heterocycles. The van der Waals surface area contributed by atoms with Gasteiger partial charge in [-0.2, -0.15) is 0 Å². The molecule has 3 N–H and O–H groups in total. The highest BCUT2D eigenvalue weighted by atomic mass is 32.2. The predicted octanol–water partition coefficient (Wildman–Crippen LogP) is 4.59. The normalized spacial score (nSPS) is 15.2. The van der Waals surface area contributed by atoms with E-state index in [0.29, 0.717) is 47.4 Å². The number of hydrogen-bond donors (Lipinski definition) is 2. The van der Waals surface area contributed by atoms with E-state index in [9.17, 15) is 4.79 Å². The minimum Gasteiger partial charge on any atom is -0.480 e. The van der Waals surface area contributed by atoms with Crippen LogP contribution in [0.2, 0.25) is 0 Å². The monoisotopic (exact) mass is 578 g/mol. The number of nitrogens with two attached hydrogens (primary N) is 1. The number of thioether (sulfide) groups is 1. The Labute approximate surface area is 247 Å². The Morgan fingerprint density at radius 3 is 2.61 bits per heavy atom. The molecular weight excluding hydrogens is 536 g/mol. The molecule has 220 valence electrons. The lowest BCUT2D eigenvalue weighted by molar-refractivity contribution is -0.102. The average molecular weight is 579 g/mol. The summed E-state index contributed by atoms with van der Waals surface area (Å²) in [5.74, 6) is 2.43. The van der Waals surface area contributed by atoms with Crippen molar-refractivity contribution in [2.24, 2.45) is 15.7 Å². The predicted molar refractivity (Wildman–Crippen MR) is 167 cm³/mol. The third kappa shape index (κ3) is 8.46. The van der Waals surface area contributed by atoms with Crippen LogP contribution in [0.3, 0.4) is 0 Å². The minimum atomic E-state index is 0.116. The fraction of sp³-hybridized carbons (Fsp3) is 0.467. The largest absolute Gasteiger partial charge is 0.480 e. The number of amidine groups is 2. The summed E-state index contributed by atoms with van der Waals surface area (Å²) in [5, 5.41) is 3.12. The molecule has 11 heteroatoms. The van der Waals surface area contributed by atoms with E-state index in [0.717, 1.165) is 46.9 Å². The van der Waals surface area contributed by atoms with Crippen LogP contribution in [0.5, 0.6) is 5.88 Å². The Hall–Kier alpha value is -3.57. The first-order valence-corrected chi connectivity index (χ1v) is 14.9. The molecule has 2 aromatic heterocycles. The Kier molecular flexibility index (Phi) is 12.0. The Morgan fingerprint density at radius 1 is 1.29 bits per heavy atom. The summed E-state index contributed by atoms with van der Waals surface area (Å²) in [6, 6.07) is 4.08. The number of aromatic nitrogens is 3. The van der Waals surface area contributed by atoms with Crippen LogP contribution in [0.15, 0.2) is 57.4 Å². The molecule has 1 aliphatic carbocycles. The summed E-state index contributed by atoms with van der Waals surface area (Å²) in [5.41, 5.74) is 10.2. The number of aliphatic imine (C=N–C) groups is 2. The smallest absolute Gasteiger partial charge is 0.226 e. The van der Waals surface area contributed by atoms with Gasteiger partial charge in [-0.05, 0) is 56.6 Å². The fourth-order valence-electron chi connectivity index (χ4n) is 4.05. The fourth-order valence-corrected chi connectivity index (χ4v) is 4.67. The Balaban J connectivity index is 2.04. The first kappa shape index (κ1) is 32.0. The van der Waals surface area contributed by atoms with Gasteiger partial charge < -0.3 is 20.7 Å². The second-order valence-corrected chi connectivity index (χ2v) is 11.2. The molecule has 0 amide bonds. The number of pyridine rings is 1. The van der Waals surface area contributed by atoms with Crippen molar-refractivity contribution < 1.29 is 9.53 Å². The zero-order chi connectivity index (χ0) is 29.9. The van der Waals surface area contributed by atoms with E-state index >= 15 is 0 Å². The van der Waals surface area contributed by atoms with Crippen molar-refractivity contribution >= 4 is 35.4 Å². The van der Waals surface area contributed by atoms with Crippen LogP contribution in [-0.4, -0.2) is 70.3 Å². The van der Waals surface area contributed by atoms with E-state index in [1.54, 1.807) is 18.9 Å². The molecule has 0 bridgehead atoms. The lowest BCUT2D eigenvalue weighted by Gasteiger charge is -2.29. The molecule has 0 spiro atoms. The van der Waals surface area contributed by atoms with Gasteiger partial charge in [-0.1, -0.05) is 20.4 Å². The number of aldehydes is 1. The molecule has 2 heterocycles. The number of likely N-dealkylation sites (N-methyl/N-ethyl adjacent to an activating group) is 1. The van der Waals surface area contributed by atoms with Crippen molar-refractivity contribution in [1.82, 2.24) is 25.2 Å². The van der Waals surface area contributed by atoms with Crippen molar-refractivity contribution in [2.75, 3.05) is 26.5 Å². The molecule has 41 heavy (non-hydrogen) atoms. The number of nitrogens with zero attached hydrogens (tertiary/aromatic N) is 6. The number of rotatable bonds is 14. The molecule has 0 aromatic carbocycles. The SMILES string of the molecule is C=C(\N=C(C(/N=C(\C=O)NCc1ccc(SCC)cn1)=C(\C)CN)\N(C)[C@H](C)CC)c1c(OC)ncnc1C1CC1. The number of ether oxygens (including phenoxy) is 1. The quantitative estimate of drug-likeness (QED) is 0.143. The molecule has 0 unspecified atom stereocenters. The van der Waals surface area contributed by atoms with Crippen LogP contribution in [0.4, 0.5) is 0 Å². The van der Waals surface area contributed by atoms with Gasteiger partial charge in [0.1, 0.15) is 12.0 Å². The lowest BCUT2D eigenvalue weighted by atomic mass is 10.1. The van der Waals surface area contributed by atoms with E-state index in [1.165, 1.54) is 6.33 Å². The molecule has 1 atom stereocenters. The van der Waals surface area contributed by atoms with Crippen LogP contribution < -0.4 is 15.8 Å². The number of nitrogens with one attached hydrogen (secondary N) is 1. The van der Waals surface area contributed by atoms with E-state index in [4.69, 9.17) is 20.5 Å². The molecule has 3 rings (SSSR count). The van der Waals surface area contributed by atoms with E-state index in [-0.39, 0.29) is 18.4 Å². The summed E-state index contributed by atoms with van der Waals surface area (Å²) in [4.78, 5) is 38.4. The first-order valence-electron chi connectivity index (χ1n) is 13.9. The maximum atomic E-state index is 12.2. The zero-order valence-corrected chi connectivity index (χ0v) is 25.8. The molecular formula is C30H42N8O2S. The Morgan fingerprint density at radius 2 is 2.05 bits per heavy atom. The van der Waals surface area contributed by atoms with E-state index in [1.807, 2.05) is 37.2 Å². The summed E-state index contributed by atoms with van der Waals surface area (Å²) in [6.45, 7) is 13.1. The highest BCUT2D eigenvalue weighted by molar-refractivity contribution is 7.99. The molecule has 10 nitrogen and oxygen atoms in total. The lowest BCUT2D eigenvalue weighted by Crippen LogP contribution is -2.37. The van der Waals surface area contributed by atoms with Gasteiger partial charge in [0.2, 0.25) is 5.88 Å². The Bertz CT molecular complexity index is 1300. The number of carbonyl (C=O) groups excluding carboxylic acids is 1. The molecule has 1 fully saturated rings.